The van der Waals surface area contributed by atoms with Crippen LogP contribution in [0.25, 0.3) is 11.1 Å². The maximum Gasteiger partial charge on any atom is 0.316 e. The van der Waals surface area contributed by atoms with Crippen LogP contribution in [0.3, 0.4) is 0 Å². The van der Waals surface area contributed by atoms with Crippen LogP contribution in [0.2, 0.25) is 0 Å². The van der Waals surface area contributed by atoms with Gasteiger partial charge in [0.2, 0.25) is 5.88 Å². The number of anilines is 1. The van der Waals surface area contributed by atoms with Crippen LogP contribution in [0.15, 0.2) is 91.9 Å². The second kappa shape index (κ2) is 15.9. The van der Waals surface area contributed by atoms with E-state index >= 15 is 0 Å². The summed E-state index contributed by atoms with van der Waals surface area (Å²) in [6.45, 7) is 4.19. The highest BCUT2D eigenvalue weighted by molar-refractivity contribution is 7.90. The van der Waals surface area contributed by atoms with Gasteiger partial charge in [-0.05, 0) is 43.2 Å². The first-order valence-electron chi connectivity index (χ1n) is 13.4. The fraction of sp³-hybridized carbons (Fsp3) is 0.200. The van der Waals surface area contributed by atoms with Gasteiger partial charge < -0.3 is 14.2 Å². The molecule has 0 aliphatic carbocycles. The van der Waals surface area contributed by atoms with Gasteiger partial charge >= 0.3 is 16.2 Å². The summed E-state index contributed by atoms with van der Waals surface area (Å²) < 4.78 is 46.9. The first-order chi connectivity index (χ1) is 21.3. The maximum atomic E-state index is 12.8. The molecule has 0 unspecified atom stereocenters. The third kappa shape index (κ3) is 9.96. The molecule has 0 amide bonds. The summed E-state index contributed by atoms with van der Waals surface area (Å²) in [5, 5.41) is 0. The van der Waals surface area contributed by atoms with Gasteiger partial charge in [0.1, 0.15) is 19.5 Å². The van der Waals surface area contributed by atoms with Gasteiger partial charge in [-0.2, -0.15) is 23.1 Å². The molecule has 4 aromatic heterocycles. The fourth-order valence-electron chi connectivity index (χ4n) is 3.58. The van der Waals surface area contributed by atoms with Crippen molar-refractivity contribution in [2.75, 3.05) is 25.0 Å². The largest absolute Gasteiger partial charge is 0.494 e. The summed E-state index contributed by atoms with van der Waals surface area (Å²) in [4.78, 5) is 24.5. The number of ether oxygens (including phenoxy) is 3. The molecule has 0 aliphatic rings. The maximum absolute atomic E-state index is 12.8. The molecule has 228 valence electrons. The van der Waals surface area contributed by atoms with E-state index in [2.05, 4.69) is 39.3 Å². The lowest BCUT2D eigenvalue weighted by molar-refractivity contribution is 0.201. The molecule has 5 aromatic rings. The zero-order valence-corrected chi connectivity index (χ0v) is 25.2. The van der Waals surface area contributed by atoms with E-state index in [1.54, 1.807) is 30.6 Å². The van der Waals surface area contributed by atoms with Crippen molar-refractivity contribution >= 4 is 16.0 Å². The molecule has 5 rings (SSSR count). The summed E-state index contributed by atoms with van der Waals surface area (Å²) in [6, 6.07) is 16.8. The highest BCUT2D eigenvalue weighted by Gasteiger charge is 2.20. The second-order valence-corrected chi connectivity index (χ2v) is 10.6. The molecular weight excluding hydrogens is 584 g/mol. The molecule has 0 saturated carbocycles. The molecule has 0 aliphatic heterocycles. The molecule has 0 bridgehead atoms. The second-order valence-electron chi connectivity index (χ2n) is 9.15. The van der Waals surface area contributed by atoms with Crippen LogP contribution in [0, 0.1) is 13.8 Å². The minimum absolute atomic E-state index is 0.00918. The molecule has 4 heterocycles. The Morgan fingerprint density at radius 1 is 0.773 bits per heavy atom. The zero-order chi connectivity index (χ0) is 31.2. The monoisotopic (exact) mass is 616 g/mol. The third-order valence-corrected chi connectivity index (χ3v) is 6.74. The summed E-state index contributed by atoms with van der Waals surface area (Å²) in [7, 11) is -2.47. The van der Waals surface area contributed by atoms with E-state index < -0.39 is 10.2 Å². The quantitative estimate of drug-likeness (QED) is 0.195. The van der Waals surface area contributed by atoms with E-state index in [1.165, 1.54) is 31.4 Å². The summed E-state index contributed by atoms with van der Waals surface area (Å²) in [5.41, 5.74) is 3.87. The van der Waals surface area contributed by atoms with E-state index in [-0.39, 0.29) is 37.5 Å². The topological polar surface area (TPSA) is 163 Å². The van der Waals surface area contributed by atoms with Crippen LogP contribution in [-0.2, 0) is 16.8 Å². The lowest BCUT2D eigenvalue weighted by atomic mass is 10.1. The number of methoxy groups -OCH3 is 1. The van der Waals surface area contributed by atoms with E-state index in [0.717, 1.165) is 5.56 Å². The number of nitrogens with one attached hydrogen (secondary N) is 2. The Kier molecular flexibility index (Phi) is 11.4. The number of aromatic nitrogens is 6. The Hall–Kier alpha value is -5.21. The van der Waals surface area contributed by atoms with Gasteiger partial charge in [-0.3, -0.25) is 14.7 Å². The van der Waals surface area contributed by atoms with Crippen molar-refractivity contribution in [2.24, 2.45) is 0 Å². The van der Waals surface area contributed by atoms with E-state index in [4.69, 9.17) is 14.2 Å². The predicted molar refractivity (Wildman–Crippen MR) is 164 cm³/mol. The van der Waals surface area contributed by atoms with Crippen LogP contribution >= 0.6 is 0 Å². The SMILES string of the molecule is COc1cnc(OCCOc2ncnc(NS(=O)(=O)NCc3ccccn3)c2-c2ccc(C)cc2)nc1.Cc1cccnc1. The number of nitrogens with zero attached hydrogens (tertiary/aromatic N) is 6. The molecular formula is C30H32N8O5S. The van der Waals surface area contributed by atoms with Crippen molar-refractivity contribution in [1.29, 1.82) is 0 Å². The first-order valence-corrected chi connectivity index (χ1v) is 14.9. The third-order valence-electron chi connectivity index (χ3n) is 5.76. The Labute approximate surface area is 256 Å². The van der Waals surface area contributed by atoms with Crippen LogP contribution in [0.4, 0.5) is 5.82 Å². The molecule has 13 nitrogen and oxygen atoms in total. The van der Waals surface area contributed by atoms with Crippen LogP contribution < -0.4 is 23.7 Å². The molecule has 1 aromatic carbocycles. The number of aryl methyl sites for hydroxylation is 2. The minimum atomic E-state index is -3.99. The van der Waals surface area contributed by atoms with Gasteiger partial charge in [0.05, 0.1) is 37.3 Å². The van der Waals surface area contributed by atoms with Crippen molar-refractivity contribution in [3.63, 3.8) is 0 Å². The van der Waals surface area contributed by atoms with Crippen molar-refractivity contribution in [1.82, 2.24) is 34.6 Å². The Balaban J connectivity index is 0.000000555. The first kappa shape index (κ1) is 31.7. The molecule has 2 N–H and O–H groups in total. The van der Waals surface area contributed by atoms with Crippen molar-refractivity contribution < 1.29 is 22.6 Å². The zero-order valence-electron chi connectivity index (χ0n) is 24.4. The van der Waals surface area contributed by atoms with E-state index in [9.17, 15) is 8.42 Å². The highest BCUT2D eigenvalue weighted by Crippen LogP contribution is 2.34. The molecule has 44 heavy (non-hydrogen) atoms. The van der Waals surface area contributed by atoms with Crippen LogP contribution in [0.1, 0.15) is 16.8 Å². The normalized spacial score (nSPS) is 10.7. The smallest absolute Gasteiger partial charge is 0.316 e. The van der Waals surface area contributed by atoms with Gasteiger partial charge in [-0.25, -0.2) is 9.97 Å². The fourth-order valence-corrected chi connectivity index (χ4v) is 4.39. The Morgan fingerprint density at radius 3 is 2.18 bits per heavy atom. The van der Waals surface area contributed by atoms with Crippen LogP contribution in [-0.4, -0.2) is 58.6 Å². The summed E-state index contributed by atoms with van der Waals surface area (Å²) >= 11 is 0. The van der Waals surface area contributed by atoms with Crippen molar-refractivity contribution in [3.8, 4) is 28.8 Å². The molecule has 14 heteroatoms. The highest BCUT2D eigenvalue weighted by atomic mass is 32.2. The average molecular weight is 617 g/mol. The number of rotatable bonds is 12. The number of hydrogen-bond acceptors (Lipinski definition) is 11. The Morgan fingerprint density at radius 2 is 1.55 bits per heavy atom. The lowest BCUT2D eigenvalue weighted by Crippen LogP contribution is -2.30. The van der Waals surface area contributed by atoms with E-state index in [0.29, 0.717) is 22.6 Å². The van der Waals surface area contributed by atoms with Gasteiger partial charge in [0.25, 0.3) is 0 Å². The van der Waals surface area contributed by atoms with Crippen molar-refractivity contribution in [2.45, 2.75) is 20.4 Å². The molecule has 0 spiro atoms. The van der Waals surface area contributed by atoms with Gasteiger partial charge in [-0.15, -0.1) is 0 Å². The summed E-state index contributed by atoms with van der Waals surface area (Å²) in [6.07, 6.45) is 9.39. The predicted octanol–water partition coefficient (Wildman–Crippen LogP) is 3.94. The molecule has 0 radical (unpaired) electrons. The van der Waals surface area contributed by atoms with Gasteiger partial charge in [-0.1, -0.05) is 42.0 Å². The summed E-state index contributed by atoms with van der Waals surface area (Å²) in [5.74, 6) is 0.749. The molecule has 0 saturated heterocycles. The van der Waals surface area contributed by atoms with E-state index in [1.807, 2.05) is 56.4 Å². The molecule has 0 atom stereocenters. The number of benzene rings is 1. The van der Waals surface area contributed by atoms with Crippen LogP contribution in [0.5, 0.6) is 17.6 Å². The average Bonchev–Trinajstić information content (AvgIpc) is 3.04. The standard InChI is InChI=1S/C24H25N7O5S.C6H7N/c1-17-6-8-18(9-7-17)21-22(31-37(32,33)30-13-19-5-3-4-10-25-19)28-16-29-23(21)35-11-12-36-24-26-14-20(34-2)15-27-24;1-6-3-2-4-7-5-6/h3-10,14-16,30H,11-13H2,1-2H3,(H,28,29,31);2-5H,1H3. The van der Waals surface area contributed by atoms with Gasteiger partial charge in [0, 0.05) is 18.6 Å². The van der Waals surface area contributed by atoms with Crippen molar-refractivity contribution in [3.05, 3.63) is 109 Å². The Bertz CT molecular complexity index is 1690. The lowest BCUT2D eigenvalue weighted by Gasteiger charge is -2.16. The van der Waals surface area contributed by atoms with Gasteiger partial charge in [0.15, 0.2) is 11.6 Å². The minimum Gasteiger partial charge on any atom is -0.494 e. The number of hydrogen-bond donors (Lipinski definition) is 2. The number of pyridine rings is 2. The molecule has 0 fully saturated rings.